The minimum absolute atomic E-state index is 0.0240. The van der Waals surface area contributed by atoms with Crippen LogP contribution in [0.25, 0.3) is 0 Å². The van der Waals surface area contributed by atoms with Crippen molar-refractivity contribution in [2.45, 2.75) is 44.8 Å². The fourth-order valence-electron chi connectivity index (χ4n) is 3.60. The Morgan fingerprint density at radius 2 is 1.86 bits per heavy atom. The van der Waals surface area contributed by atoms with Gasteiger partial charge in [0.15, 0.2) is 11.5 Å². The highest BCUT2D eigenvalue weighted by Crippen LogP contribution is 2.33. The molecule has 1 aliphatic rings. The van der Waals surface area contributed by atoms with Gasteiger partial charge in [-0.2, -0.15) is 0 Å². The van der Waals surface area contributed by atoms with Gasteiger partial charge >= 0.3 is 0 Å². The molecule has 1 N–H and O–H groups in total. The van der Waals surface area contributed by atoms with Gasteiger partial charge in [-0.25, -0.2) is 0 Å². The number of hydrogen-bond acceptors (Lipinski definition) is 4. The van der Waals surface area contributed by atoms with Crippen LogP contribution in [0.3, 0.4) is 0 Å². The molecule has 1 aliphatic carbocycles. The Morgan fingerprint density at radius 1 is 1.14 bits per heavy atom. The van der Waals surface area contributed by atoms with Gasteiger partial charge in [0, 0.05) is 12.7 Å². The first-order valence-corrected chi connectivity index (χ1v) is 9.97. The summed E-state index contributed by atoms with van der Waals surface area (Å²) >= 11 is 0. The van der Waals surface area contributed by atoms with Crippen molar-refractivity contribution in [1.29, 1.82) is 0 Å². The Hall–Kier alpha value is -2.69. The zero-order valence-corrected chi connectivity index (χ0v) is 17.0. The van der Waals surface area contributed by atoms with Crippen LogP contribution in [0.15, 0.2) is 48.5 Å². The predicted octanol–water partition coefficient (Wildman–Crippen LogP) is 4.33. The number of carbonyl (C=O) groups is 1. The summed E-state index contributed by atoms with van der Waals surface area (Å²) in [6, 6.07) is 15.7. The molecule has 1 unspecified atom stereocenters. The molecule has 1 saturated carbocycles. The van der Waals surface area contributed by atoms with Crippen molar-refractivity contribution < 1.29 is 14.3 Å². The lowest BCUT2D eigenvalue weighted by molar-refractivity contribution is -0.120. The molecule has 28 heavy (non-hydrogen) atoms. The van der Waals surface area contributed by atoms with Gasteiger partial charge in [-0.3, -0.25) is 4.79 Å². The van der Waals surface area contributed by atoms with E-state index in [1.807, 2.05) is 67.4 Å². The summed E-state index contributed by atoms with van der Waals surface area (Å²) in [5.74, 6) is 1.47. The molecule has 1 atom stereocenters. The Bertz CT molecular complexity index is 773. The maximum atomic E-state index is 12.5. The van der Waals surface area contributed by atoms with E-state index in [1.165, 1.54) is 12.8 Å². The molecule has 0 aliphatic heterocycles. The van der Waals surface area contributed by atoms with E-state index < -0.39 is 0 Å². The van der Waals surface area contributed by atoms with Crippen molar-refractivity contribution in [3.8, 4) is 11.5 Å². The lowest BCUT2D eigenvalue weighted by Gasteiger charge is -2.22. The number of methoxy groups -OCH3 is 1. The third kappa shape index (κ3) is 5.18. The molecule has 0 heterocycles. The molecule has 0 aromatic heterocycles. The number of likely N-dealkylation sites (N-methyl/N-ethyl adjacent to an activating group) is 1. The van der Waals surface area contributed by atoms with Crippen LogP contribution in [-0.2, 0) is 4.79 Å². The van der Waals surface area contributed by atoms with E-state index in [9.17, 15) is 4.79 Å². The van der Waals surface area contributed by atoms with Crippen LogP contribution < -0.4 is 19.7 Å². The largest absolute Gasteiger partial charge is 0.493 e. The smallest absolute Gasteiger partial charge is 0.239 e. The molecular weight excluding hydrogens is 352 g/mol. The maximum absolute atomic E-state index is 12.5. The second kappa shape index (κ2) is 9.49. The molecule has 0 radical (unpaired) electrons. The van der Waals surface area contributed by atoms with Crippen molar-refractivity contribution in [1.82, 2.24) is 5.32 Å². The molecule has 5 heteroatoms. The van der Waals surface area contributed by atoms with Crippen LogP contribution in [0.4, 0.5) is 5.69 Å². The first kappa shape index (κ1) is 20.1. The first-order valence-electron chi connectivity index (χ1n) is 9.97. The van der Waals surface area contributed by atoms with Gasteiger partial charge in [0.05, 0.1) is 25.8 Å². The van der Waals surface area contributed by atoms with Crippen molar-refractivity contribution in [2.75, 3.05) is 25.6 Å². The summed E-state index contributed by atoms with van der Waals surface area (Å²) in [7, 11) is 3.57. The van der Waals surface area contributed by atoms with Crippen molar-refractivity contribution >= 4 is 11.6 Å². The zero-order chi connectivity index (χ0) is 19.9. The Labute approximate surface area is 167 Å². The third-order valence-electron chi connectivity index (χ3n) is 5.24. The number of amides is 1. The molecule has 150 valence electrons. The fraction of sp³-hybridized carbons (Fsp3) is 0.435. The van der Waals surface area contributed by atoms with Crippen LogP contribution in [0.2, 0.25) is 0 Å². The van der Waals surface area contributed by atoms with E-state index in [4.69, 9.17) is 9.47 Å². The summed E-state index contributed by atoms with van der Waals surface area (Å²) in [6.45, 7) is 2.28. The molecular formula is C23H30N2O3. The third-order valence-corrected chi connectivity index (χ3v) is 5.24. The normalized spacial score (nSPS) is 15.1. The highest BCUT2D eigenvalue weighted by atomic mass is 16.5. The van der Waals surface area contributed by atoms with Crippen molar-refractivity contribution in [2.24, 2.45) is 0 Å². The summed E-state index contributed by atoms with van der Waals surface area (Å²) in [5.41, 5.74) is 2.01. The van der Waals surface area contributed by atoms with Crippen molar-refractivity contribution in [3.63, 3.8) is 0 Å². The first-order chi connectivity index (χ1) is 13.6. The van der Waals surface area contributed by atoms with Gasteiger partial charge in [-0.1, -0.05) is 24.3 Å². The average Bonchev–Trinajstić information content (AvgIpc) is 3.21. The fourth-order valence-corrected chi connectivity index (χ4v) is 3.60. The van der Waals surface area contributed by atoms with Crippen LogP contribution in [0, 0.1) is 0 Å². The molecule has 0 spiro atoms. The van der Waals surface area contributed by atoms with Crippen LogP contribution >= 0.6 is 0 Å². The summed E-state index contributed by atoms with van der Waals surface area (Å²) in [5, 5.41) is 3.06. The van der Waals surface area contributed by atoms with E-state index >= 15 is 0 Å². The molecule has 0 bridgehead atoms. The number of carbonyl (C=O) groups excluding carboxylic acids is 1. The number of anilines is 1. The zero-order valence-electron chi connectivity index (χ0n) is 17.0. The monoisotopic (exact) mass is 382 g/mol. The van der Waals surface area contributed by atoms with Gasteiger partial charge < -0.3 is 19.7 Å². The number of nitrogens with zero attached hydrogens (tertiary/aromatic N) is 1. The second-order valence-electron chi connectivity index (χ2n) is 7.42. The molecule has 1 amide bonds. The molecule has 3 rings (SSSR count). The SMILES string of the molecule is COc1cc(C(C)NC(=O)CN(C)c2ccccc2)ccc1OC1CCCC1. The highest BCUT2D eigenvalue weighted by Gasteiger charge is 2.19. The number of ether oxygens (including phenoxy) is 2. The predicted molar refractivity (Wildman–Crippen MR) is 112 cm³/mol. The molecule has 5 nitrogen and oxygen atoms in total. The molecule has 2 aromatic rings. The molecule has 1 fully saturated rings. The topological polar surface area (TPSA) is 50.8 Å². The van der Waals surface area contributed by atoms with E-state index in [0.717, 1.165) is 29.8 Å². The summed E-state index contributed by atoms with van der Waals surface area (Å²) in [6.07, 6.45) is 4.95. The van der Waals surface area contributed by atoms with E-state index in [0.29, 0.717) is 12.3 Å². The van der Waals surface area contributed by atoms with Crippen LogP contribution in [0.1, 0.15) is 44.2 Å². The molecule has 0 saturated heterocycles. The number of hydrogen-bond donors (Lipinski definition) is 1. The summed E-state index contributed by atoms with van der Waals surface area (Å²) < 4.78 is 11.6. The number of benzene rings is 2. The number of para-hydroxylation sites is 1. The number of nitrogens with one attached hydrogen (secondary N) is 1. The number of rotatable bonds is 8. The van der Waals surface area contributed by atoms with Crippen LogP contribution in [-0.4, -0.2) is 32.7 Å². The average molecular weight is 383 g/mol. The lowest BCUT2D eigenvalue weighted by atomic mass is 10.1. The highest BCUT2D eigenvalue weighted by molar-refractivity contribution is 5.81. The van der Waals surface area contributed by atoms with Gasteiger partial charge in [-0.05, 0) is 62.4 Å². The Morgan fingerprint density at radius 3 is 2.54 bits per heavy atom. The Kier molecular flexibility index (Phi) is 6.80. The summed E-state index contributed by atoms with van der Waals surface area (Å²) in [4.78, 5) is 14.4. The second-order valence-corrected chi connectivity index (χ2v) is 7.42. The van der Waals surface area contributed by atoms with Gasteiger partial charge in [-0.15, -0.1) is 0 Å². The van der Waals surface area contributed by atoms with E-state index in [-0.39, 0.29) is 18.1 Å². The van der Waals surface area contributed by atoms with E-state index in [2.05, 4.69) is 5.32 Å². The van der Waals surface area contributed by atoms with Crippen LogP contribution in [0.5, 0.6) is 11.5 Å². The standard InChI is InChI=1S/C23H30N2O3/c1-17(24-23(26)16-25(2)19-9-5-4-6-10-19)18-13-14-21(22(15-18)27-3)28-20-11-7-8-12-20/h4-6,9-10,13-15,17,20H,7-8,11-12,16H2,1-3H3,(H,24,26). The minimum atomic E-state index is -0.119. The van der Waals surface area contributed by atoms with Gasteiger partial charge in [0.2, 0.25) is 5.91 Å². The molecule has 2 aromatic carbocycles. The van der Waals surface area contributed by atoms with Crippen molar-refractivity contribution in [3.05, 3.63) is 54.1 Å². The maximum Gasteiger partial charge on any atom is 0.239 e. The Balaban J connectivity index is 1.60. The van der Waals surface area contributed by atoms with Gasteiger partial charge in [0.1, 0.15) is 0 Å². The minimum Gasteiger partial charge on any atom is -0.493 e. The quantitative estimate of drug-likeness (QED) is 0.738. The lowest BCUT2D eigenvalue weighted by Crippen LogP contribution is -2.36. The van der Waals surface area contributed by atoms with Gasteiger partial charge in [0.25, 0.3) is 0 Å². The van der Waals surface area contributed by atoms with E-state index in [1.54, 1.807) is 7.11 Å².